The van der Waals surface area contributed by atoms with Gasteiger partial charge in [-0.25, -0.2) is 15.0 Å². The molecule has 13 aromatic rings. The van der Waals surface area contributed by atoms with Crippen LogP contribution in [0.2, 0.25) is 0 Å². The number of fused-ring (bicyclic) bond motifs is 10. The zero-order valence-electron chi connectivity index (χ0n) is 33.9. The second-order valence-electron chi connectivity index (χ2n) is 16.0. The summed E-state index contributed by atoms with van der Waals surface area (Å²) in [5.74, 6) is 1.91. The molecule has 0 spiro atoms. The van der Waals surface area contributed by atoms with E-state index in [4.69, 9.17) is 19.4 Å². The summed E-state index contributed by atoms with van der Waals surface area (Å²) in [5, 5.41) is 6.95. The lowest BCUT2D eigenvalue weighted by atomic mass is 10.0. The lowest BCUT2D eigenvalue weighted by molar-refractivity contribution is 0.673. The van der Waals surface area contributed by atoms with E-state index < -0.39 is 0 Å². The van der Waals surface area contributed by atoms with E-state index >= 15 is 0 Å². The van der Waals surface area contributed by atoms with Crippen molar-refractivity contribution >= 4 is 65.6 Å². The molecule has 0 saturated carbocycles. The molecule has 0 aliphatic heterocycles. The van der Waals surface area contributed by atoms with Crippen molar-refractivity contribution in [1.29, 1.82) is 0 Å². The van der Waals surface area contributed by atoms with Crippen molar-refractivity contribution in [1.82, 2.24) is 24.1 Å². The first-order valence-corrected chi connectivity index (χ1v) is 21.2. The van der Waals surface area contributed by atoms with Crippen molar-refractivity contribution in [3.05, 3.63) is 212 Å². The standard InChI is InChI=1S/C57H35N5O/c1-3-15-36(16-4-1)55-58-56(37-17-5-2-6-18-37)60-57(59-55)40-21-13-19-38(33-40)39-20-14-22-41(34-39)61-48-26-10-7-23-43(48)47-35-42(29-31-50(47)61)62-49-27-11-8-25-46(49)53-51(62)32-30-45-44-24-9-12-28-52(44)63-54(45)53/h1-35H. The minimum absolute atomic E-state index is 0.629. The lowest BCUT2D eigenvalue weighted by Gasteiger charge is -2.12. The first kappa shape index (κ1) is 35.2. The second-order valence-corrected chi connectivity index (χ2v) is 16.0. The Balaban J connectivity index is 0.937. The summed E-state index contributed by atoms with van der Waals surface area (Å²) in [6.45, 7) is 0. The van der Waals surface area contributed by atoms with E-state index in [9.17, 15) is 0 Å². The summed E-state index contributed by atoms with van der Waals surface area (Å²) in [6, 6.07) is 74.5. The SMILES string of the molecule is c1ccc(-c2nc(-c3ccccc3)nc(-c3cccc(-c4cccc(-n5c6ccccc6c6cc(-n7c8ccccc8c8c9oc%10ccccc%10c9ccc87)ccc65)c4)c3)n2)cc1. The summed E-state index contributed by atoms with van der Waals surface area (Å²) in [6.07, 6.45) is 0. The highest BCUT2D eigenvalue weighted by Gasteiger charge is 2.21. The van der Waals surface area contributed by atoms with Gasteiger partial charge in [-0.1, -0.05) is 146 Å². The Hall–Kier alpha value is -8.61. The third-order valence-corrected chi connectivity index (χ3v) is 12.4. The van der Waals surface area contributed by atoms with Gasteiger partial charge in [0.2, 0.25) is 0 Å². The van der Waals surface area contributed by atoms with E-state index in [0.717, 1.165) is 88.6 Å². The van der Waals surface area contributed by atoms with Crippen LogP contribution in [0.1, 0.15) is 0 Å². The molecule has 6 nitrogen and oxygen atoms in total. The molecule has 63 heavy (non-hydrogen) atoms. The van der Waals surface area contributed by atoms with Crippen LogP contribution in [0.3, 0.4) is 0 Å². The summed E-state index contributed by atoms with van der Waals surface area (Å²) in [5.41, 5.74) is 13.5. The highest BCUT2D eigenvalue weighted by Crippen LogP contribution is 2.42. The van der Waals surface area contributed by atoms with Gasteiger partial charge in [-0.15, -0.1) is 0 Å². The number of hydrogen-bond donors (Lipinski definition) is 0. The van der Waals surface area contributed by atoms with Crippen LogP contribution >= 0.6 is 0 Å². The first-order chi connectivity index (χ1) is 31.2. The third-order valence-electron chi connectivity index (χ3n) is 12.4. The molecule has 9 aromatic carbocycles. The highest BCUT2D eigenvalue weighted by atomic mass is 16.3. The van der Waals surface area contributed by atoms with Crippen LogP contribution < -0.4 is 0 Å². The van der Waals surface area contributed by atoms with Gasteiger partial charge in [-0.05, 0) is 77.9 Å². The van der Waals surface area contributed by atoms with Crippen LogP contribution in [0.15, 0.2) is 217 Å². The molecule has 294 valence electrons. The molecule has 4 aromatic heterocycles. The largest absolute Gasteiger partial charge is 0.455 e. The molecule has 0 aliphatic carbocycles. The molecule has 13 rings (SSSR count). The second kappa shape index (κ2) is 14.0. The molecule has 6 heteroatoms. The quantitative estimate of drug-likeness (QED) is 0.168. The van der Waals surface area contributed by atoms with Crippen LogP contribution in [0.25, 0.3) is 122 Å². The van der Waals surface area contributed by atoms with Crippen LogP contribution in [0.5, 0.6) is 0 Å². The van der Waals surface area contributed by atoms with Gasteiger partial charge in [0.25, 0.3) is 0 Å². The van der Waals surface area contributed by atoms with Gasteiger partial charge in [0.15, 0.2) is 17.5 Å². The van der Waals surface area contributed by atoms with Gasteiger partial charge < -0.3 is 13.6 Å². The Bertz CT molecular complexity index is 3860. The normalized spacial score (nSPS) is 11.8. The van der Waals surface area contributed by atoms with Crippen molar-refractivity contribution in [2.45, 2.75) is 0 Å². The summed E-state index contributed by atoms with van der Waals surface area (Å²) in [7, 11) is 0. The minimum atomic E-state index is 0.629. The average molecular weight is 806 g/mol. The molecule has 0 N–H and O–H groups in total. The zero-order valence-corrected chi connectivity index (χ0v) is 33.9. The summed E-state index contributed by atoms with van der Waals surface area (Å²) < 4.78 is 11.4. The van der Waals surface area contributed by atoms with Gasteiger partial charge in [0.1, 0.15) is 11.2 Å². The molecule has 0 unspecified atom stereocenters. The molecule has 0 amide bonds. The van der Waals surface area contributed by atoms with Crippen LogP contribution in [-0.2, 0) is 0 Å². The van der Waals surface area contributed by atoms with E-state index in [-0.39, 0.29) is 0 Å². The predicted molar refractivity (Wildman–Crippen MR) is 258 cm³/mol. The van der Waals surface area contributed by atoms with E-state index in [1.807, 2.05) is 66.7 Å². The Kier molecular flexibility index (Phi) is 7.80. The number of aromatic nitrogens is 5. The van der Waals surface area contributed by atoms with Gasteiger partial charge in [0, 0.05) is 55.0 Å². The Morgan fingerprint density at radius 2 is 0.810 bits per heavy atom. The molecular formula is C57H35N5O. The number of para-hydroxylation sites is 3. The van der Waals surface area contributed by atoms with Gasteiger partial charge in [-0.2, -0.15) is 0 Å². The van der Waals surface area contributed by atoms with E-state index in [1.54, 1.807) is 0 Å². The fourth-order valence-electron chi connectivity index (χ4n) is 9.49. The van der Waals surface area contributed by atoms with Gasteiger partial charge in [0.05, 0.1) is 27.5 Å². The number of rotatable bonds is 6. The van der Waals surface area contributed by atoms with Gasteiger partial charge in [-0.3, -0.25) is 0 Å². The van der Waals surface area contributed by atoms with Crippen LogP contribution in [0.4, 0.5) is 0 Å². The monoisotopic (exact) mass is 805 g/mol. The summed E-state index contributed by atoms with van der Waals surface area (Å²) in [4.78, 5) is 14.9. The van der Waals surface area contributed by atoms with Crippen LogP contribution in [0, 0.1) is 0 Å². The Labute approximate surface area is 361 Å². The highest BCUT2D eigenvalue weighted by molar-refractivity contribution is 6.24. The topological polar surface area (TPSA) is 61.7 Å². The molecule has 0 radical (unpaired) electrons. The number of hydrogen-bond acceptors (Lipinski definition) is 4. The lowest BCUT2D eigenvalue weighted by Crippen LogP contribution is -2.00. The maximum atomic E-state index is 6.59. The molecule has 0 saturated heterocycles. The van der Waals surface area contributed by atoms with Crippen molar-refractivity contribution in [2.24, 2.45) is 0 Å². The van der Waals surface area contributed by atoms with Crippen molar-refractivity contribution in [3.63, 3.8) is 0 Å². The Morgan fingerprint density at radius 3 is 1.56 bits per heavy atom. The van der Waals surface area contributed by atoms with E-state index in [2.05, 4.69) is 155 Å². The molecule has 0 atom stereocenters. The summed E-state index contributed by atoms with van der Waals surface area (Å²) >= 11 is 0. The predicted octanol–water partition coefficient (Wildman–Crippen LogP) is 14.6. The van der Waals surface area contributed by atoms with Crippen molar-refractivity contribution in [2.75, 3.05) is 0 Å². The van der Waals surface area contributed by atoms with Crippen molar-refractivity contribution in [3.8, 4) is 56.7 Å². The zero-order chi connectivity index (χ0) is 41.4. The van der Waals surface area contributed by atoms with Gasteiger partial charge >= 0.3 is 0 Å². The maximum Gasteiger partial charge on any atom is 0.164 e. The smallest absolute Gasteiger partial charge is 0.164 e. The number of nitrogens with zero attached hydrogens (tertiary/aromatic N) is 5. The molecule has 0 aliphatic rings. The molecule has 4 heterocycles. The minimum Gasteiger partial charge on any atom is -0.455 e. The van der Waals surface area contributed by atoms with E-state index in [0.29, 0.717) is 17.5 Å². The van der Waals surface area contributed by atoms with E-state index in [1.165, 1.54) is 16.2 Å². The third kappa shape index (κ3) is 5.62. The fourth-order valence-corrected chi connectivity index (χ4v) is 9.49. The average Bonchev–Trinajstić information content (AvgIpc) is 4.02. The number of furan rings is 1. The molecule has 0 fully saturated rings. The molecule has 0 bridgehead atoms. The van der Waals surface area contributed by atoms with Crippen LogP contribution in [-0.4, -0.2) is 24.1 Å². The first-order valence-electron chi connectivity index (χ1n) is 21.2. The number of benzene rings is 9. The van der Waals surface area contributed by atoms with Crippen molar-refractivity contribution < 1.29 is 4.42 Å². The Morgan fingerprint density at radius 1 is 0.302 bits per heavy atom. The fraction of sp³-hybridized carbons (Fsp3) is 0. The molecular weight excluding hydrogens is 771 g/mol. The maximum absolute atomic E-state index is 6.59.